The quantitative estimate of drug-likeness (QED) is 0.856. The minimum absolute atomic E-state index is 0.205. The lowest BCUT2D eigenvalue weighted by atomic mass is 10.0. The molecule has 1 aliphatic heterocycles. The number of anilines is 1. The van der Waals surface area contributed by atoms with Crippen LogP contribution in [0.2, 0.25) is 0 Å². The van der Waals surface area contributed by atoms with Gasteiger partial charge < -0.3 is 9.80 Å². The zero-order valence-corrected chi connectivity index (χ0v) is 14.3. The van der Waals surface area contributed by atoms with Gasteiger partial charge >= 0.3 is 0 Å². The van der Waals surface area contributed by atoms with E-state index in [1.54, 1.807) is 23.9 Å². The summed E-state index contributed by atoms with van der Waals surface area (Å²) in [4.78, 5) is 30.1. The van der Waals surface area contributed by atoms with Crippen molar-refractivity contribution in [2.75, 3.05) is 25.0 Å². The van der Waals surface area contributed by atoms with Gasteiger partial charge in [-0.1, -0.05) is 0 Å². The Balaban J connectivity index is 1.53. The number of nitrogens with zero attached hydrogens (tertiary/aromatic N) is 5. The molecule has 2 aromatic rings. The smallest absolute Gasteiger partial charge is 0.227 e. The van der Waals surface area contributed by atoms with Crippen molar-refractivity contribution < 1.29 is 4.79 Å². The van der Waals surface area contributed by atoms with E-state index in [0.29, 0.717) is 12.5 Å². The highest BCUT2D eigenvalue weighted by Gasteiger charge is 2.26. The zero-order chi connectivity index (χ0) is 16.2. The Labute approximate surface area is 140 Å². The summed E-state index contributed by atoms with van der Waals surface area (Å²) in [6, 6.07) is 2.34. The number of hydrogen-bond donors (Lipinski definition) is 0. The van der Waals surface area contributed by atoms with Crippen LogP contribution in [0.25, 0.3) is 0 Å². The Hall–Kier alpha value is -2.02. The third-order valence-corrected chi connectivity index (χ3v) is 5.20. The molecule has 2 aromatic heterocycles. The van der Waals surface area contributed by atoms with E-state index >= 15 is 0 Å². The van der Waals surface area contributed by atoms with Crippen molar-refractivity contribution in [3.63, 3.8) is 0 Å². The largest absolute Gasteiger partial charge is 0.356 e. The molecule has 122 valence electrons. The molecule has 23 heavy (non-hydrogen) atoms. The number of hydrogen-bond acceptors (Lipinski definition) is 6. The molecule has 1 amide bonds. The molecular formula is C16H21N5OS. The molecule has 0 unspecified atom stereocenters. The molecule has 0 N–H and O–H groups in total. The van der Waals surface area contributed by atoms with E-state index in [-0.39, 0.29) is 5.91 Å². The van der Waals surface area contributed by atoms with E-state index in [9.17, 15) is 4.79 Å². The highest BCUT2D eigenvalue weighted by atomic mass is 32.1. The van der Waals surface area contributed by atoms with Crippen LogP contribution in [0, 0.1) is 6.92 Å². The summed E-state index contributed by atoms with van der Waals surface area (Å²) in [6.07, 6.45) is 7.55. The predicted molar refractivity (Wildman–Crippen MR) is 90.6 cm³/mol. The second-order valence-corrected chi connectivity index (χ2v) is 7.13. The van der Waals surface area contributed by atoms with Crippen molar-refractivity contribution in [1.82, 2.24) is 19.9 Å². The second-order valence-electron chi connectivity index (χ2n) is 5.81. The van der Waals surface area contributed by atoms with Crippen molar-refractivity contribution in [3.8, 4) is 0 Å². The molecule has 0 spiro atoms. The highest BCUT2D eigenvalue weighted by Crippen LogP contribution is 2.21. The van der Waals surface area contributed by atoms with Crippen LogP contribution < -0.4 is 4.90 Å². The SMILES string of the molecule is Cc1ncc(CC(=O)N2CCC(N(C)c3ccncn3)CC2)s1. The lowest BCUT2D eigenvalue weighted by Crippen LogP contribution is -2.46. The molecule has 0 radical (unpaired) electrons. The van der Waals surface area contributed by atoms with Crippen LogP contribution in [0.4, 0.5) is 5.82 Å². The van der Waals surface area contributed by atoms with Gasteiger partial charge in [0.1, 0.15) is 12.1 Å². The molecule has 0 aromatic carbocycles. The number of piperidine rings is 1. The summed E-state index contributed by atoms with van der Waals surface area (Å²) in [5, 5.41) is 1.01. The van der Waals surface area contributed by atoms with Crippen LogP contribution in [0.5, 0.6) is 0 Å². The number of likely N-dealkylation sites (tertiary alicyclic amines) is 1. The maximum absolute atomic E-state index is 12.4. The average Bonchev–Trinajstić information content (AvgIpc) is 3.00. The van der Waals surface area contributed by atoms with E-state index in [0.717, 1.165) is 41.6 Å². The fourth-order valence-electron chi connectivity index (χ4n) is 2.93. The molecule has 0 saturated carbocycles. The Kier molecular flexibility index (Phi) is 4.85. The standard InChI is InChI=1S/C16H21N5OS/c1-12-18-10-14(23-12)9-16(22)21-7-4-13(5-8-21)20(2)15-3-6-17-11-19-15/h3,6,10-11,13H,4-5,7-9H2,1-2H3. The van der Waals surface area contributed by atoms with Gasteiger partial charge in [0.05, 0.1) is 11.4 Å². The summed E-state index contributed by atoms with van der Waals surface area (Å²) in [5.74, 6) is 1.14. The van der Waals surface area contributed by atoms with E-state index in [2.05, 4.69) is 26.9 Å². The summed E-state index contributed by atoms with van der Waals surface area (Å²) in [7, 11) is 2.06. The minimum atomic E-state index is 0.205. The molecule has 3 rings (SSSR count). The first-order valence-corrected chi connectivity index (χ1v) is 8.63. The molecule has 0 bridgehead atoms. The molecular weight excluding hydrogens is 310 g/mol. The summed E-state index contributed by atoms with van der Waals surface area (Å²) < 4.78 is 0. The van der Waals surface area contributed by atoms with Gasteiger partial charge in [0.15, 0.2) is 0 Å². The third-order valence-electron chi connectivity index (χ3n) is 4.29. The highest BCUT2D eigenvalue weighted by molar-refractivity contribution is 7.11. The maximum Gasteiger partial charge on any atom is 0.227 e. The molecule has 6 nitrogen and oxygen atoms in total. The molecule has 0 aliphatic carbocycles. The molecule has 0 atom stereocenters. The molecule has 3 heterocycles. The van der Waals surface area contributed by atoms with Crippen LogP contribution in [0.1, 0.15) is 22.7 Å². The lowest BCUT2D eigenvalue weighted by Gasteiger charge is -2.37. The number of aryl methyl sites for hydroxylation is 1. The third kappa shape index (κ3) is 3.85. The first-order chi connectivity index (χ1) is 11.1. The Morgan fingerprint density at radius 1 is 1.39 bits per heavy atom. The van der Waals surface area contributed by atoms with Crippen molar-refractivity contribution in [2.45, 2.75) is 32.2 Å². The monoisotopic (exact) mass is 331 g/mol. The number of amides is 1. The normalized spacial score (nSPS) is 15.7. The van der Waals surface area contributed by atoms with Crippen molar-refractivity contribution in [1.29, 1.82) is 0 Å². The van der Waals surface area contributed by atoms with E-state index < -0.39 is 0 Å². The van der Waals surface area contributed by atoms with Gasteiger partial charge in [0.2, 0.25) is 5.91 Å². The Morgan fingerprint density at radius 3 is 2.78 bits per heavy atom. The van der Waals surface area contributed by atoms with Gasteiger partial charge in [0, 0.05) is 43.4 Å². The van der Waals surface area contributed by atoms with Gasteiger partial charge in [-0.15, -0.1) is 11.3 Å². The maximum atomic E-state index is 12.4. The fraction of sp³-hybridized carbons (Fsp3) is 0.500. The molecule has 7 heteroatoms. The Morgan fingerprint density at radius 2 is 2.17 bits per heavy atom. The molecule has 1 aliphatic rings. The van der Waals surface area contributed by atoms with Crippen LogP contribution in [0.3, 0.4) is 0 Å². The average molecular weight is 331 g/mol. The number of rotatable bonds is 4. The number of thiazole rings is 1. The zero-order valence-electron chi connectivity index (χ0n) is 13.5. The first-order valence-electron chi connectivity index (χ1n) is 7.81. The number of aromatic nitrogens is 3. The van der Waals surface area contributed by atoms with E-state index in [1.807, 2.05) is 24.1 Å². The second kappa shape index (κ2) is 7.04. The Bertz CT molecular complexity index is 652. The predicted octanol–water partition coefficient (Wildman–Crippen LogP) is 1.91. The number of carbonyl (C=O) groups is 1. The van der Waals surface area contributed by atoms with Crippen LogP contribution in [-0.2, 0) is 11.2 Å². The summed E-state index contributed by atoms with van der Waals surface area (Å²) in [6.45, 7) is 3.57. The summed E-state index contributed by atoms with van der Waals surface area (Å²) >= 11 is 1.60. The van der Waals surface area contributed by atoms with Gasteiger partial charge in [-0.25, -0.2) is 15.0 Å². The molecule has 1 saturated heterocycles. The summed E-state index contributed by atoms with van der Waals surface area (Å²) in [5.41, 5.74) is 0. The van der Waals surface area contributed by atoms with Gasteiger partial charge in [-0.05, 0) is 25.8 Å². The topological polar surface area (TPSA) is 62.2 Å². The van der Waals surface area contributed by atoms with Crippen molar-refractivity contribution >= 4 is 23.1 Å². The van der Waals surface area contributed by atoms with Gasteiger partial charge in [-0.2, -0.15) is 0 Å². The molecule has 1 fully saturated rings. The van der Waals surface area contributed by atoms with Crippen molar-refractivity contribution in [3.05, 3.63) is 34.7 Å². The van der Waals surface area contributed by atoms with Gasteiger partial charge in [0.25, 0.3) is 0 Å². The van der Waals surface area contributed by atoms with Crippen LogP contribution in [-0.4, -0.2) is 51.9 Å². The van der Waals surface area contributed by atoms with Gasteiger partial charge in [-0.3, -0.25) is 4.79 Å². The lowest BCUT2D eigenvalue weighted by molar-refractivity contribution is -0.131. The first kappa shape index (κ1) is 15.9. The van der Waals surface area contributed by atoms with Crippen LogP contribution >= 0.6 is 11.3 Å². The van der Waals surface area contributed by atoms with Crippen LogP contribution in [0.15, 0.2) is 24.8 Å². The van der Waals surface area contributed by atoms with E-state index in [4.69, 9.17) is 0 Å². The van der Waals surface area contributed by atoms with E-state index in [1.165, 1.54) is 0 Å². The minimum Gasteiger partial charge on any atom is -0.356 e. The fourth-order valence-corrected chi connectivity index (χ4v) is 3.72. The number of carbonyl (C=O) groups excluding carboxylic acids is 1. The van der Waals surface area contributed by atoms with Crippen molar-refractivity contribution in [2.24, 2.45) is 0 Å².